The van der Waals surface area contributed by atoms with Crippen molar-refractivity contribution in [3.63, 3.8) is 0 Å². The lowest BCUT2D eigenvalue weighted by Crippen LogP contribution is -2.18. The third kappa shape index (κ3) is 4.57. The van der Waals surface area contributed by atoms with Crippen LogP contribution < -0.4 is 0 Å². The molecular formula is C17H18Cl2O2. The molecule has 0 aromatic heterocycles. The highest BCUT2D eigenvalue weighted by molar-refractivity contribution is 6.55. The molecule has 0 saturated heterocycles. The lowest BCUT2D eigenvalue weighted by atomic mass is 10.1. The van der Waals surface area contributed by atoms with E-state index in [1.165, 1.54) is 0 Å². The first-order valence-electron chi connectivity index (χ1n) is 6.54. The summed E-state index contributed by atoms with van der Waals surface area (Å²) < 4.78 is 5.51. The van der Waals surface area contributed by atoms with Crippen molar-refractivity contribution in [2.24, 2.45) is 17.3 Å². The zero-order chi connectivity index (χ0) is 16.2. The van der Waals surface area contributed by atoms with Crippen molar-refractivity contribution < 1.29 is 9.53 Å². The highest BCUT2D eigenvalue weighted by Crippen LogP contribution is 2.60. The summed E-state index contributed by atoms with van der Waals surface area (Å²) in [5.41, 5.74) is 0.659. The maximum atomic E-state index is 12.2. The van der Waals surface area contributed by atoms with Gasteiger partial charge in [0, 0.05) is 6.42 Å². The second-order valence-corrected chi connectivity index (χ2v) is 6.71. The van der Waals surface area contributed by atoms with Gasteiger partial charge in [0.2, 0.25) is 0 Å². The molecule has 112 valence electrons. The number of carbonyl (C=O) groups is 1. The smallest absolute Gasteiger partial charge is 0.311 e. The van der Waals surface area contributed by atoms with Gasteiger partial charge in [-0.15, -0.1) is 18.8 Å². The van der Waals surface area contributed by atoms with Crippen LogP contribution in [0.2, 0.25) is 0 Å². The van der Waals surface area contributed by atoms with Crippen molar-refractivity contribution in [1.82, 2.24) is 0 Å². The molecular weight excluding hydrogens is 307 g/mol. The molecule has 0 amide bonds. The fraction of sp³-hybridized carbons (Fsp3) is 0.471. The van der Waals surface area contributed by atoms with Crippen LogP contribution in [0.15, 0.2) is 22.2 Å². The van der Waals surface area contributed by atoms with Gasteiger partial charge in [-0.1, -0.05) is 48.5 Å². The Morgan fingerprint density at radius 2 is 2.05 bits per heavy atom. The number of allylic oxidation sites excluding steroid dienone is 2. The fourth-order valence-electron chi connectivity index (χ4n) is 2.37. The zero-order valence-corrected chi connectivity index (χ0v) is 13.8. The Hall–Kier alpha value is -1.35. The zero-order valence-electron chi connectivity index (χ0n) is 12.3. The first-order valence-corrected chi connectivity index (χ1v) is 7.29. The largest absolute Gasteiger partial charge is 0.445 e. The van der Waals surface area contributed by atoms with E-state index in [0.717, 1.165) is 5.57 Å². The Kier molecular flexibility index (Phi) is 5.97. The summed E-state index contributed by atoms with van der Waals surface area (Å²) in [4.78, 5) is 12.2. The first-order chi connectivity index (χ1) is 9.73. The highest BCUT2D eigenvalue weighted by atomic mass is 35.5. The average molecular weight is 325 g/mol. The average Bonchev–Trinajstić information content (AvgIpc) is 2.89. The van der Waals surface area contributed by atoms with Crippen LogP contribution in [0, 0.1) is 41.9 Å². The summed E-state index contributed by atoms with van der Waals surface area (Å²) in [6.07, 6.45) is 13.7. The van der Waals surface area contributed by atoms with Gasteiger partial charge in [0.1, 0.15) is 4.49 Å². The van der Waals surface area contributed by atoms with E-state index in [2.05, 4.69) is 11.8 Å². The Bertz CT molecular complexity index is 554. The van der Waals surface area contributed by atoms with Gasteiger partial charge in [-0.3, -0.25) is 4.79 Å². The number of halogens is 2. The molecule has 0 bridgehead atoms. The lowest BCUT2D eigenvalue weighted by Gasteiger charge is -2.10. The van der Waals surface area contributed by atoms with Crippen molar-refractivity contribution in [2.75, 3.05) is 0 Å². The van der Waals surface area contributed by atoms with Crippen LogP contribution in [0.1, 0.15) is 27.2 Å². The summed E-state index contributed by atoms with van der Waals surface area (Å²) in [6, 6.07) is 0. The molecule has 21 heavy (non-hydrogen) atoms. The molecule has 1 fully saturated rings. The van der Waals surface area contributed by atoms with E-state index in [-0.39, 0.29) is 27.7 Å². The van der Waals surface area contributed by atoms with Crippen LogP contribution in [0.25, 0.3) is 0 Å². The molecule has 0 spiro atoms. The molecule has 1 aliphatic carbocycles. The Balaban J connectivity index is 2.74. The van der Waals surface area contributed by atoms with E-state index in [4.69, 9.17) is 40.8 Å². The number of rotatable bonds is 5. The second-order valence-electron chi connectivity index (χ2n) is 5.70. The minimum absolute atomic E-state index is 0.0378. The van der Waals surface area contributed by atoms with Crippen molar-refractivity contribution in [3.05, 3.63) is 22.2 Å². The molecule has 4 heteroatoms. The molecule has 1 rings (SSSR count). The van der Waals surface area contributed by atoms with Gasteiger partial charge in [0.15, 0.2) is 6.10 Å². The minimum Gasteiger partial charge on any atom is -0.445 e. The van der Waals surface area contributed by atoms with Crippen LogP contribution in [0.4, 0.5) is 0 Å². The monoisotopic (exact) mass is 324 g/mol. The molecule has 1 saturated carbocycles. The van der Waals surface area contributed by atoms with Crippen LogP contribution in [-0.4, -0.2) is 12.1 Å². The van der Waals surface area contributed by atoms with Gasteiger partial charge >= 0.3 is 5.97 Å². The number of hydrogen-bond donors (Lipinski definition) is 0. The van der Waals surface area contributed by atoms with Gasteiger partial charge in [0.05, 0.1) is 5.92 Å². The molecule has 0 radical (unpaired) electrons. The third-order valence-electron chi connectivity index (χ3n) is 3.69. The summed E-state index contributed by atoms with van der Waals surface area (Å²) in [6.45, 7) is 5.76. The molecule has 0 aromatic rings. The van der Waals surface area contributed by atoms with E-state index in [0.29, 0.717) is 6.42 Å². The summed E-state index contributed by atoms with van der Waals surface area (Å²) in [5.74, 6) is 4.27. The van der Waals surface area contributed by atoms with Crippen LogP contribution in [0.3, 0.4) is 0 Å². The van der Waals surface area contributed by atoms with Crippen molar-refractivity contribution in [1.29, 1.82) is 0 Å². The quantitative estimate of drug-likeness (QED) is 0.432. The highest BCUT2D eigenvalue weighted by Gasteiger charge is 2.61. The van der Waals surface area contributed by atoms with Crippen molar-refractivity contribution in [2.45, 2.75) is 33.3 Å². The van der Waals surface area contributed by atoms with E-state index >= 15 is 0 Å². The Morgan fingerprint density at radius 3 is 2.52 bits per heavy atom. The topological polar surface area (TPSA) is 26.3 Å². The van der Waals surface area contributed by atoms with E-state index in [1.807, 2.05) is 20.8 Å². The van der Waals surface area contributed by atoms with Gasteiger partial charge in [-0.05, 0) is 30.4 Å². The molecule has 0 aliphatic heterocycles. The standard InChI is InChI=1S/C17H18Cl2O2/c1-6-8-11(3)9-12(7-2)21-16(20)15-13(10-14(18)19)17(15,4)5/h1-2,9-10,12-13,15H,8H2,3-5H3. The maximum absolute atomic E-state index is 12.2. The molecule has 2 nitrogen and oxygen atoms in total. The normalized spacial score (nSPS) is 24.2. The number of carbonyl (C=O) groups excluding carboxylic acids is 1. The minimum atomic E-state index is -0.710. The maximum Gasteiger partial charge on any atom is 0.311 e. The molecule has 1 aliphatic rings. The van der Waals surface area contributed by atoms with Crippen LogP contribution in [0.5, 0.6) is 0 Å². The number of terminal acetylenes is 2. The molecule has 3 unspecified atom stereocenters. The number of esters is 1. The van der Waals surface area contributed by atoms with Crippen molar-refractivity contribution in [3.8, 4) is 24.7 Å². The van der Waals surface area contributed by atoms with E-state index < -0.39 is 6.10 Å². The van der Waals surface area contributed by atoms with Crippen LogP contribution in [-0.2, 0) is 9.53 Å². The van der Waals surface area contributed by atoms with Gasteiger partial charge in [0.25, 0.3) is 0 Å². The molecule has 0 N–H and O–H groups in total. The molecule has 0 heterocycles. The summed E-state index contributed by atoms with van der Waals surface area (Å²) in [7, 11) is 0. The second kappa shape index (κ2) is 7.08. The molecule has 3 atom stereocenters. The Labute approximate surface area is 136 Å². The van der Waals surface area contributed by atoms with Gasteiger partial charge < -0.3 is 4.74 Å². The SMILES string of the molecule is C#CCC(C)=CC(C#C)OC(=O)C1C(C=C(Cl)Cl)C1(C)C. The summed E-state index contributed by atoms with van der Waals surface area (Å²) >= 11 is 11.3. The third-order valence-corrected chi connectivity index (χ3v) is 3.95. The number of hydrogen-bond acceptors (Lipinski definition) is 2. The van der Waals surface area contributed by atoms with Crippen molar-refractivity contribution >= 4 is 29.2 Å². The van der Waals surface area contributed by atoms with Gasteiger partial charge in [-0.25, -0.2) is 0 Å². The van der Waals surface area contributed by atoms with E-state index in [9.17, 15) is 4.79 Å². The molecule has 0 aromatic carbocycles. The van der Waals surface area contributed by atoms with E-state index in [1.54, 1.807) is 12.2 Å². The predicted molar refractivity (Wildman–Crippen MR) is 86.5 cm³/mol. The van der Waals surface area contributed by atoms with Crippen LogP contribution >= 0.6 is 23.2 Å². The Morgan fingerprint density at radius 1 is 1.43 bits per heavy atom. The fourth-order valence-corrected chi connectivity index (χ4v) is 2.64. The summed E-state index contributed by atoms with van der Waals surface area (Å²) in [5, 5.41) is 0. The number of ether oxygens (including phenoxy) is 1. The van der Waals surface area contributed by atoms with Gasteiger partial charge in [-0.2, -0.15) is 0 Å². The predicted octanol–water partition coefficient (Wildman–Crippen LogP) is 4.09. The first kappa shape index (κ1) is 17.7. The lowest BCUT2D eigenvalue weighted by molar-refractivity contribution is -0.147.